The Bertz CT molecular complexity index is 846. The molecular formula is C20H21N3O3. The summed E-state index contributed by atoms with van der Waals surface area (Å²) in [5, 5.41) is 2.79. The number of nitrogens with zero attached hydrogens (tertiary/aromatic N) is 2. The van der Waals surface area contributed by atoms with Gasteiger partial charge in [-0.15, -0.1) is 0 Å². The van der Waals surface area contributed by atoms with E-state index in [1.807, 2.05) is 30.3 Å². The van der Waals surface area contributed by atoms with E-state index < -0.39 is 11.6 Å². The van der Waals surface area contributed by atoms with Crippen molar-refractivity contribution < 1.29 is 14.4 Å². The quantitative estimate of drug-likeness (QED) is 0.860. The molecule has 1 fully saturated rings. The Morgan fingerprint density at radius 3 is 2.23 bits per heavy atom. The third kappa shape index (κ3) is 3.06. The van der Waals surface area contributed by atoms with Crippen LogP contribution in [0.2, 0.25) is 0 Å². The maximum atomic E-state index is 12.9. The molecule has 26 heavy (non-hydrogen) atoms. The Morgan fingerprint density at radius 2 is 1.65 bits per heavy atom. The first kappa shape index (κ1) is 17.7. The minimum Gasteiger partial charge on any atom is -0.345 e. The van der Waals surface area contributed by atoms with Crippen molar-refractivity contribution in [2.45, 2.75) is 19.0 Å². The van der Waals surface area contributed by atoms with E-state index in [9.17, 15) is 14.4 Å². The van der Waals surface area contributed by atoms with Crippen molar-refractivity contribution in [2.75, 3.05) is 14.1 Å². The van der Waals surface area contributed by atoms with E-state index in [2.05, 4.69) is 5.32 Å². The van der Waals surface area contributed by atoms with Crippen molar-refractivity contribution in [1.29, 1.82) is 0 Å². The van der Waals surface area contributed by atoms with Crippen LogP contribution in [0.4, 0.5) is 4.79 Å². The number of nitrogens with one attached hydrogen (secondary N) is 1. The van der Waals surface area contributed by atoms with E-state index in [0.29, 0.717) is 5.56 Å². The summed E-state index contributed by atoms with van der Waals surface area (Å²) in [5.41, 5.74) is 1.01. The number of rotatable bonds is 4. The van der Waals surface area contributed by atoms with Crippen molar-refractivity contribution in [3.8, 4) is 0 Å². The average molecular weight is 351 g/mol. The van der Waals surface area contributed by atoms with E-state index in [1.54, 1.807) is 45.3 Å². The van der Waals surface area contributed by atoms with Gasteiger partial charge >= 0.3 is 6.03 Å². The molecule has 0 aliphatic carbocycles. The minimum atomic E-state index is -1.07. The first-order valence-corrected chi connectivity index (χ1v) is 8.33. The van der Waals surface area contributed by atoms with Crippen molar-refractivity contribution in [3.05, 3.63) is 71.3 Å². The monoisotopic (exact) mass is 351 g/mol. The van der Waals surface area contributed by atoms with Crippen LogP contribution in [-0.2, 0) is 16.9 Å². The molecule has 1 aliphatic rings. The van der Waals surface area contributed by atoms with Gasteiger partial charge in [0.15, 0.2) is 0 Å². The third-order valence-corrected chi connectivity index (χ3v) is 4.57. The van der Waals surface area contributed by atoms with Gasteiger partial charge in [-0.05, 0) is 30.2 Å². The van der Waals surface area contributed by atoms with Gasteiger partial charge in [-0.25, -0.2) is 4.79 Å². The van der Waals surface area contributed by atoms with Crippen LogP contribution in [0, 0.1) is 0 Å². The molecule has 1 N–H and O–H groups in total. The van der Waals surface area contributed by atoms with E-state index >= 15 is 0 Å². The molecule has 2 aromatic carbocycles. The fraction of sp³-hybridized carbons (Fsp3) is 0.250. The normalized spacial score (nSPS) is 19.4. The van der Waals surface area contributed by atoms with Crippen molar-refractivity contribution in [1.82, 2.24) is 15.1 Å². The summed E-state index contributed by atoms with van der Waals surface area (Å²) in [5.74, 6) is -0.384. The summed E-state index contributed by atoms with van der Waals surface area (Å²) < 4.78 is 0. The molecule has 0 aromatic heterocycles. The van der Waals surface area contributed by atoms with E-state index in [0.717, 1.165) is 11.1 Å². The fourth-order valence-electron chi connectivity index (χ4n) is 3.00. The van der Waals surface area contributed by atoms with Gasteiger partial charge in [-0.2, -0.15) is 0 Å². The zero-order chi connectivity index (χ0) is 18.9. The van der Waals surface area contributed by atoms with Gasteiger partial charge in [-0.3, -0.25) is 14.5 Å². The summed E-state index contributed by atoms with van der Waals surface area (Å²) in [7, 11) is 3.38. The smallest absolute Gasteiger partial charge is 0.325 e. The Balaban J connectivity index is 1.79. The van der Waals surface area contributed by atoms with Gasteiger partial charge in [0.1, 0.15) is 5.54 Å². The van der Waals surface area contributed by atoms with Crippen molar-refractivity contribution in [3.63, 3.8) is 0 Å². The van der Waals surface area contributed by atoms with Crippen LogP contribution in [-0.4, -0.2) is 41.7 Å². The van der Waals surface area contributed by atoms with E-state index in [4.69, 9.17) is 0 Å². The first-order valence-electron chi connectivity index (χ1n) is 8.33. The van der Waals surface area contributed by atoms with Gasteiger partial charge < -0.3 is 10.2 Å². The second-order valence-corrected chi connectivity index (χ2v) is 6.71. The highest BCUT2D eigenvalue weighted by Gasteiger charge is 2.48. The van der Waals surface area contributed by atoms with Crippen LogP contribution in [0.15, 0.2) is 54.6 Å². The molecule has 2 aromatic rings. The van der Waals surface area contributed by atoms with Crippen LogP contribution in [0.3, 0.4) is 0 Å². The van der Waals surface area contributed by atoms with Crippen LogP contribution in [0.25, 0.3) is 0 Å². The number of hydrogen-bond acceptors (Lipinski definition) is 3. The van der Waals surface area contributed by atoms with E-state index in [-0.39, 0.29) is 18.4 Å². The SMILES string of the molecule is CN(C)C(=O)c1ccc(CN2C(=O)NC(C)(c3ccccc3)C2=O)cc1. The minimum absolute atomic E-state index is 0.0943. The number of urea groups is 1. The molecule has 1 aliphatic heterocycles. The lowest BCUT2D eigenvalue weighted by Gasteiger charge is -2.22. The zero-order valence-electron chi connectivity index (χ0n) is 15.0. The Labute approximate surface area is 152 Å². The standard InChI is InChI=1S/C20H21N3O3/c1-20(16-7-5-4-6-8-16)18(25)23(19(26)21-20)13-14-9-11-15(12-10-14)17(24)22(2)3/h4-12H,13H2,1-3H3,(H,21,26). The van der Waals surface area contributed by atoms with Gasteiger partial charge in [0.25, 0.3) is 11.8 Å². The topological polar surface area (TPSA) is 69.7 Å². The lowest BCUT2D eigenvalue weighted by atomic mass is 9.92. The molecule has 6 heteroatoms. The maximum absolute atomic E-state index is 12.9. The molecular weight excluding hydrogens is 330 g/mol. The molecule has 6 nitrogen and oxygen atoms in total. The Morgan fingerprint density at radius 1 is 1.04 bits per heavy atom. The predicted octanol–water partition coefficient (Wildman–Crippen LogP) is 2.36. The molecule has 1 heterocycles. The highest BCUT2D eigenvalue weighted by atomic mass is 16.2. The number of carbonyl (C=O) groups excluding carboxylic acids is 3. The average Bonchev–Trinajstić information content (AvgIpc) is 2.86. The second kappa shape index (κ2) is 6.63. The lowest BCUT2D eigenvalue weighted by Crippen LogP contribution is -2.40. The molecule has 3 rings (SSSR count). The summed E-state index contributed by atoms with van der Waals surface area (Å²) >= 11 is 0. The third-order valence-electron chi connectivity index (χ3n) is 4.57. The van der Waals surface area contributed by atoms with Crippen molar-refractivity contribution >= 4 is 17.8 Å². The van der Waals surface area contributed by atoms with Gasteiger partial charge in [0.2, 0.25) is 0 Å². The number of hydrogen-bond donors (Lipinski definition) is 1. The molecule has 134 valence electrons. The molecule has 0 radical (unpaired) electrons. The van der Waals surface area contributed by atoms with Gasteiger partial charge in [0, 0.05) is 19.7 Å². The van der Waals surface area contributed by atoms with Crippen LogP contribution < -0.4 is 5.32 Å². The predicted molar refractivity (Wildman–Crippen MR) is 97.3 cm³/mol. The zero-order valence-corrected chi connectivity index (χ0v) is 15.0. The largest absolute Gasteiger partial charge is 0.345 e. The Kier molecular flexibility index (Phi) is 4.50. The highest BCUT2D eigenvalue weighted by Crippen LogP contribution is 2.29. The molecule has 0 bridgehead atoms. The van der Waals surface area contributed by atoms with Crippen LogP contribution in [0.5, 0.6) is 0 Å². The molecule has 4 amide bonds. The van der Waals surface area contributed by atoms with Crippen molar-refractivity contribution in [2.24, 2.45) is 0 Å². The van der Waals surface area contributed by atoms with E-state index in [1.165, 1.54) is 9.80 Å². The molecule has 1 saturated heterocycles. The molecule has 0 spiro atoms. The fourth-order valence-corrected chi connectivity index (χ4v) is 3.00. The summed E-state index contributed by atoms with van der Waals surface area (Å²) in [6.07, 6.45) is 0. The number of imide groups is 1. The highest BCUT2D eigenvalue weighted by molar-refractivity contribution is 6.07. The number of carbonyl (C=O) groups is 3. The second-order valence-electron chi connectivity index (χ2n) is 6.71. The van der Waals surface area contributed by atoms with Gasteiger partial charge in [0.05, 0.1) is 6.54 Å². The molecule has 0 saturated carbocycles. The molecule has 1 unspecified atom stereocenters. The maximum Gasteiger partial charge on any atom is 0.325 e. The number of amides is 4. The lowest BCUT2D eigenvalue weighted by molar-refractivity contribution is -0.131. The van der Waals surface area contributed by atoms with Crippen LogP contribution >= 0.6 is 0 Å². The summed E-state index contributed by atoms with van der Waals surface area (Å²) in [6, 6.07) is 15.7. The van der Waals surface area contributed by atoms with Gasteiger partial charge in [-0.1, -0.05) is 42.5 Å². The number of benzene rings is 2. The first-order chi connectivity index (χ1) is 12.3. The summed E-state index contributed by atoms with van der Waals surface area (Å²) in [4.78, 5) is 39.9. The Hall–Kier alpha value is -3.15. The summed E-state index contributed by atoms with van der Waals surface area (Å²) in [6.45, 7) is 1.87. The van der Waals surface area contributed by atoms with Crippen LogP contribution in [0.1, 0.15) is 28.4 Å². The molecule has 1 atom stereocenters.